The quantitative estimate of drug-likeness (QED) is 0.538. The van der Waals surface area contributed by atoms with Crippen molar-refractivity contribution in [2.24, 2.45) is 0 Å². The van der Waals surface area contributed by atoms with E-state index in [1.807, 2.05) is 0 Å². The van der Waals surface area contributed by atoms with Gasteiger partial charge in [0.1, 0.15) is 23.2 Å². The van der Waals surface area contributed by atoms with Crippen molar-refractivity contribution in [3.8, 4) is 11.3 Å². The second-order valence-electron chi connectivity index (χ2n) is 5.86. The molecule has 140 valence electrons. The molecule has 1 aliphatic rings. The molecule has 0 radical (unpaired) electrons. The van der Waals surface area contributed by atoms with E-state index in [2.05, 4.69) is 0 Å². The van der Waals surface area contributed by atoms with Crippen molar-refractivity contribution in [3.05, 3.63) is 81.9 Å². The molecular weight excluding hydrogens is 406 g/mol. The zero-order valence-electron chi connectivity index (χ0n) is 14.1. The largest absolute Gasteiger partial charge is 0.457 e. The second-order valence-corrected chi connectivity index (χ2v) is 7.30. The van der Waals surface area contributed by atoms with Gasteiger partial charge < -0.3 is 4.42 Å². The predicted molar refractivity (Wildman–Crippen MR) is 106 cm³/mol. The number of hydrogen-bond donors (Lipinski definition) is 1. The molecule has 8 heteroatoms. The van der Waals surface area contributed by atoms with Gasteiger partial charge in [0, 0.05) is 11.6 Å². The van der Waals surface area contributed by atoms with Crippen molar-refractivity contribution in [1.82, 2.24) is 0 Å². The van der Waals surface area contributed by atoms with Crippen LogP contribution in [0.1, 0.15) is 5.76 Å². The van der Waals surface area contributed by atoms with Crippen molar-refractivity contribution >= 4 is 46.2 Å². The van der Waals surface area contributed by atoms with Gasteiger partial charge in [0.15, 0.2) is 5.17 Å². The van der Waals surface area contributed by atoms with Crippen LogP contribution in [0.2, 0.25) is 5.02 Å². The molecule has 28 heavy (non-hydrogen) atoms. The Morgan fingerprint density at radius 3 is 2.54 bits per heavy atom. The number of carbonyl (C=O) groups is 1. The first kappa shape index (κ1) is 18.5. The standard InChI is InChI=1S/C20H11ClF2N2O2S/c21-15-9-11(1-7-16(15)23)17-8-6-14(27-17)10-18-19(26)25(20(24)28-18)13-4-2-12(22)3-5-13/h1-10,24H/b18-10+,24-20?. The number of nitrogens with zero attached hydrogens (tertiary/aromatic N) is 1. The summed E-state index contributed by atoms with van der Waals surface area (Å²) in [6.45, 7) is 0. The maximum absolute atomic E-state index is 13.3. The highest BCUT2D eigenvalue weighted by atomic mass is 35.5. The first-order chi connectivity index (χ1) is 13.4. The number of rotatable bonds is 3. The fourth-order valence-electron chi connectivity index (χ4n) is 2.68. The Morgan fingerprint density at radius 2 is 1.82 bits per heavy atom. The molecule has 2 aromatic carbocycles. The second kappa shape index (κ2) is 7.26. The summed E-state index contributed by atoms with van der Waals surface area (Å²) >= 11 is 6.78. The van der Waals surface area contributed by atoms with Crippen molar-refractivity contribution in [2.75, 3.05) is 4.90 Å². The summed E-state index contributed by atoms with van der Waals surface area (Å²) in [5.74, 6) is -0.472. The number of amides is 1. The van der Waals surface area contributed by atoms with Crippen molar-refractivity contribution in [2.45, 2.75) is 0 Å². The first-order valence-electron chi connectivity index (χ1n) is 8.06. The zero-order chi connectivity index (χ0) is 19.8. The molecule has 1 aliphatic heterocycles. The Bertz CT molecular complexity index is 1130. The Balaban J connectivity index is 1.60. The van der Waals surface area contributed by atoms with E-state index in [9.17, 15) is 13.6 Å². The SMILES string of the molecule is N=C1S/C(=C/c2ccc(-c3ccc(F)c(Cl)c3)o2)C(=O)N1c1ccc(F)cc1. The normalized spacial score (nSPS) is 15.7. The van der Waals surface area contributed by atoms with Crippen molar-refractivity contribution < 1.29 is 18.0 Å². The van der Waals surface area contributed by atoms with Gasteiger partial charge in [-0.2, -0.15) is 0 Å². The zero-order valence-corrected chi connectivity index (χ0v) is 15.7. The monoisotopic (exact) mass is 416 g/mol. The molecule has 1 amide bonds. The molecule has 2 heterocycles. The summed E-state index contributed by atoms with van der Waals surface area (Å²) in [5.41, 5.74) is 1.01. The minimum atomic E-state index is -0.522. The Kier molecular flexibility index (Phi) is 4.78. The minimum absolute atomic E-state index is 0.0138. The predicted octanol–water partition coefficient (Wildman–Crippen LogP) is 5.93. The van der Waals surface area contributed by atoms with Crippen LogP contribution in [0.15, 0.2) is 63.9 Å². The summed E-state index contributed by atoms with van der Waals surface area (Å²) in [6.07, 6.45) is 1.53. The lowest BCUT2D eigenvalue weighted by Gasteiger charge is -2.13. The summed E-state index contributed by atoms with van der Waals surface area (Å²) in [5, 5.41) is 8.06. The number of halogens is 3. The van der Waals surface area contributed by atoms with Gasteiger partial charge in [-0.1, -0.05) is 11.6 Å². The molecule has 0 atom stereocenters. The lowest BCUT2D eigenvalue weighted by molar-refractivity contribution is -0.113. The molecule has 1 fully saturated rings. The van der Waals surface area contributed by atoms with Crippen LogP contribution in [0, 0.1) is 17.0 Å². The summed E-state index contributed by atoms with van der Waals surface area (Å²) in [6, 6.07) is 12.9. The molecule has 1 aromatic heterocycles. The third kappa shape index (κ3) is 3.46. The maximum Gasteiger partial charge on any atom is 0.271 e. The topological polar surface area (TPSA) is 57.3 Å². The van der Waals surface area contributed by atoms with Crippen LogP contribution in [0.4, 0.5) is 14.5 Å². The van der Waals surface area contributed by atoms with Gasteiger partial charge in [-0.15, -0.1) is 0 Å². The fraction of sp³-hybridized carbons (Fsp3) is 0. The van der Waals surface area contributed by atoms with Gasteiger partial charge in [-0.3, -0.25) is 15.1 Å². The fourth-order valence-corrected chi connectivity index (χ4v) is 3.70. The molecule has 4 rings (SSSR count). The number of hydrogen-bond acceptors (Lipinski definition) is 4. The van der Waals surface area contributed by atoms with Crippen LogP contribution in [-0.4, -0.2) is 11.1 Å². The number of furan rings is 1. The van der Waals surface area contributed by atoms with Gasteiger partial charge in [0.05, 0.1) is 15.6 Å². The molecule has 0 bridgehead atoms. The summed E-state index contributed by atoms with van der Waals surface area (Å²) < 4.78 is 32.1. The van der Waals surface area contributed by atoms with Crippen LogP contribution >= 0.6 is 23.4 Å². The highest BCUT2D eigenvalue weighted by Gasteiger charge is 2.33. The van der Waals surface area contributed by atoms with Crippen LogP contribution in [0.25, 0.3) is 17.4 Å². The van der Waals surface area contributed by atoms with Gasteiger partial charge in [-0.25, -0.2) is 8.78 Å². The average molecular weight is 417 g/mol. The molecule has 4 nitrogen and oxygen atoms in total. The van der Waals surface area contributed by atoms with Gasteiger partial charge in [-0.05, 0) is 66.4 Å². The molecular formula is C20H11ClF2N2O2S. The molecule has 0 saturated carbocycles. The summed E-state index contributed by atoms with van der Waals surface area (Å²) in [7, 11) is 0. The van der Waals surface area contributed by atoms with E-state index < -0.39 is 17.5 Å². The van der Waals surface area contributed by atoms with Crippen LogP contribution in [-0.2, 0) is 4.79 Å². The highest BCUT2D eigenvalue weighted by molar-refractivity contribution is 8.19. The first-order valence-corrected chi connectivity index (χ1v) is 9.25. The average Bonchev–Trinajstić information content (AvgIpc) is 3.24. The number of thioether (sulfide) groups is 1. The van der Waals surface area contributed by atoms with E-state index >= 15 is 0 Å². The van der Waals surface area contributed by atoms with Crippen LogP contribution < -0.4 is 4.90 Å². The lowest BCUT2D eigenvalue weighted by Crippen LogP contribution is -2.28. The third-order valence-electron chi connectivity index (χ3n) is 4.01. The number of benzene rings is 2. The molecule has 0 aliphatic carbocycles. The van der Waals surface area contributed by atoms with E-state index in [0.717, 1.165) is 11.8 Å². The van der Waals surface area contributed by atoms with Gasteiger partial charge in [0.2, 0.25) is 0 Å². The van der Waals surface area contributed by atoms with Crippen LogP contribution in [0.5, 0.6) is 0 Å². The number of carbonyl (C=O) groups excluding carboxylic acids is 1. The number of nitrogens with one attached hydrogen (secondary N) is 1. The van der Waals surface area contributed by atoms with E-state index in [4.69, 9.17) is 21.4 Å². The lowest BCUT2D eigenvalue weighted by atomic mass is 10.2. The van der Waals surface area contributed by atoms with Crippen molar-refractivity contribution in [1.29, 1.82) is 5.41 Å². The van der Waals surface area contributed by atoms with E-state index in [1.165, 1.54) is 47.4 Å². The van der Waals surface area contributed by atoms with Gasteiger partial charge >= 0.3 is 0 Å². The molecule has 1 N–H and O–H groups in total. The Morgan fingerprint density at radius 1 is 1.07 bits per heavy atom. The minimum Gasteiger partial charge on any atom is -0.457 e. The molecule has 1 saturated heterocycles. The number of anilines is 1. The third-order valence-corrected chi connectivity index (χ3v) is 5.19. The van der Waals surface area contributed by atoms with Crippen LogP contribution in [0.3, 0.4) is 0 Å². The Hall–Kier alpha value is -2.90. The van der Waals surface area contributed by atoms with Crippen molar-refractivity contribution in [3.63, 3.8) is 0 Å². The smallest absolute Gasteiger partial charge is 0.271 e. The summed E-state index contributed by atoms with van der Waals surface area (Å²) in [4.78, 5) is 14.2. The molecule has 0 unspecified atom stereocenters. The number of amidine groups is 1. The molecule has 0 spiro atoms. The van der Waals surface area contributed by atoms with E-state index in [-0.39, 0.29) is 10.2 Å². The maximum atomic E-state index is 13.3. The molecule has 3 aromatic rings. The highest BCUT2D eigenvalue weighted by Crippen LogP contribution is 2.36. The van der Waals surface area contributed by atoms with Gasteiger partial charge in [0.25, 0.3) is 5.91 Å². The Labute approximate surface area is 167 Å². The van der Waals surface area contributed by atoms with E-state index in [0.29, 0.717) is 27.7 Å². The van der Waals surface area contributed by atoms with E-state index in [1.54, 1.807) is 18.2 Å².